The maximum absolute atomic E-state index is 6.04. The molecule has 1 aromatic carbocycles. The van der Waals surface area contributed by atoms with Crippen molar-refractivity contribution in [1.82, 2.24) is 14.9 Å². The zero-order valence-corrected chi connectivity index (χ0v) is 13.3. The minimum Gasteiger partial charge on any atom is -0.459 e. The molecule has 0 bridgehead atoms. The highest BCUT2D eigenvalue weighted by atomic mass is 16.3. The van der Waals surface area contributed by atoms with Crippen molar-refractivity contribution in [3.05, 3.63) is 72.3 Å². The van der Waals surface area contributed by atoms with Gasteiger partial charge in [-0.15, -0.1) is 0 Å². The van der Waals surface area contributed by atoms with Crippen molar-refractivity contribution in [2.75, 3.05) is 0 Å². The highest BCUT2D eigenvalue weighted by Gasteiger charge is 2.16. The van der Waals surface area contributed by atoms with E-state index in [-0.39, 0.29) is 0 Å². The number of hydrogen-bond acceptors (Lipinski definition) is 6. The van der Waals surface area contributed by atoms with E-state index >= 15 is 0 Å². The van der Waals surface area contributed by atoms with Crippen LogP contribution in [-0.2, 0) is 19.6 Å². The van der Waals surface area contributed by atoms with Gasteiger partial charge in [0.25, 0.3) is 0 Å². The van der Waals surface area contributed by atoms with Crippen LogP contribution in [0.2, 0.25) is 0 Å². The Morgan fingerprint density at radius 3 is 2.17 bits per heavy atom. The summed E-state index contributed by atoms with van der Waals surface area (Å²) in [4.78, 5) is 10.6. The molecule has 0 aliphatic carbocycles. The monoisotopic (exact) mass is 323 g/mol. The van der Waals surface area contributed by atoms with Gasteiger partial charge in [-0.3, -0.25) is 4.90 Å². The second kappa shape index (κ2) is 6.33. The molecule has 0 fully saturated rings. The van der Waals surface area contributed by atoms with E-state index in [1.165, 1.54) is 12.8 Å². The van der Waals surface area contributed by atoms with Crippen molar-refractivity contribution in [2.45, 2.75) is 26.6 Å². The van der Waals surface area contributed by atoms with Crippen LogP contribution in [0.1, 0.15) is 22.7 Å². The number of nitrogens with zero attached hydrogens (tertiary/aromatic N) is 3. The van der Waals surface area contributed by atoms with Crippen molar-refractivity contribution in [3.8, 4) is 0 Å². The van der Waals surface area contributed by atoms with Crippen molar-refractivity contribution < 1.29 is 13.3 Å². The molecule has 24 heavy (non-hydrogen) atoms. The Morgan fingerprint density at radius 2 is 1.58 bits per heavy atom. The first-order valence-corrected chi connectivity index (χ1v) is 7.73. The molecule has 4 rings (SSSR count). The van der Waals surface area contributed by atoms with Crippen LogP contribution in [0.25, 0.3) is 11.0 Å². The standard InChI is InChI=1S/C18H17N3O3/c1-13-16-4-2-3-5-17(16)24-18(13)8-21(6-14-9-22-11-19-14)7-15-10-23-12-20-15/h2-5,9-12H,6-8H2,1H3. The van der Waals surface area contributed by atoms with E-state index in [1.54, 1.807) is 12.5 Å². The summed E-state index contributed by atoms with van der Waals surface area (Å²) in [5.41, 5.74) is 3.81. The summed E-state index contributed by atoms with van der Waals surface area (Å²) in [6.07, 6.45) is 6.19. The van der Waals surface area contributed by atoms with Crippen molar-refractivity contribution in [3.63, 3.8) is 0 Å². The molecule has 122 valence electrons. The third-order valence-corrected chi connectivity index (χ3v) is 4.05. The number of hydrogen-bond donors (Lipinski definition) is 0. The minimum atomic E-state index is 0.639. The van der Waals surface area contributed by atoms with Gasteiger partial charge in [0, 0.05) is 18.5 Å². The molecule has 6 nitrogen and oxygen atoms in total. The summed E-state index contributed by atoms with van der Waals surface area (Å²) in [6.45, 7) is 4.02. The van der Waals surface area contributed by atoms with E-state index in [1.807, 2.05) is 18.2 Å². The Hall–Kier alpha value is -2.86. The van der Waals surface area contributed by atoms with Gasteiger partial charge in [0.15, 0.2) is 12.8 Å². The molecule has 3 aromatic heterocycles. The van der Waals surface area contributed by atoms with Crippen molar-refractivity contribution in [2.24, 2.45) is 0 Å². The first-order valence-electron chi connectivity index (χ1n) is 7.73. The lowest BCUT2D eigenvalue weighted by molar-refractivity contribution is 0.223. The molecule has 0 aliphatic rings. The quantitative estimate of drug-likeness (QED) is 0.536. The predicted octanol–water partition coefficient (Wildman–Crippen LogP) is 3.92. The number of aryl methyl sites for hydroxylation is 1. The fourth-order valence-corrected chi connectivity index (χ4v) is 2.84. The zero-order valence-electron chi connectivity index (χ0n) is 13.3. The fraction of sp³-hybridized carbons (Fsp3) is 0.222. The molecule has 0 amide bonds. The van der Waals surface area contributed by atoms with Gasteiger partial charge in [-0.1, -0.05) is 18.2 Å². The molecule has 0 spiro atoms. The lowest BCUT2D eigenvalue weighted by Crippen LogP contribution is -2.22. The largest absolute Gasteiger partial charge is 0.459 e. The van der Waals surface area contributed by atoms with E-state index < -0.39 is 0 Å². The normalized spacial score (nSPS) is 11.6. The van der Waals surface area contributed by atoms with Crippen LogP contribution in [0, 0.1) is 6.92 Å². The number of aromatic nitrogens is 2. The summed E-state index contributed by atoms with van der Waals surface area (Å²) in [5, 5.41) is 1.15. The number of furan rings is 1. The summed E-state index contributed by atoms with van der Waals surface area (Å²) >= 11 is 0. The Labute approximate surface area is 138 Å². The fourth-order valence-electron chi connectivity index (χ4n) is 2.84. The molecule has 3 heterocycles. The third kappa shape index (κ3) is 2.96. The Bertz CT molecular complexity index is 874. The second-order valence-electron chi connectivity index (χ2n) is 5.75. The van der Waals surface area contributed by atoms with Crippen molar-refractivity contribution >= 4 is 11.0 Å². The van der Waals surface area contributed by atoms with E-state index in [0.29, 0.717) is 19.6 Å². The topological polar surface area (TPSA) is 68.4 Å². The van der Waals surface area contributed by atoms with Gasteiger partial charge >= 0.3 is 0 Å². The van der Waals surface area contributed by atoms with E-state index in [2.05, 4.69) is 27.9 Å². The van der Waals surface area contributed by atoms with Gasteiger partial charge < -0.3 is 13.3 Å². The molecule has 6 heteroatoms. The van der Waals surface area contributed by atoms with E-state index in [9.17, 15) is 0 Å². The predicted molar refractivity (Wildman–Crippen MR) is 86.9 cm³/mol. The zero-order chi connectivity index (χ0) is 16.4. The maximum Gasteiger partial charge on any atom is 0.180 e. The van der Waals surface area contributed by atoms with Crippen LogP contribution in [0.3, 0.4) is 0 Å². The smallest absolute Gasteiger partial charge is 0.180 e. The summed E-state index contributed by atoms with van der Waals surface area (Å²) in [7, 11) is 0. The van der Waals surface area contributed by atoms with Crippen LogP contribution < -0.4 is 0 Å². The molecule has 0 aliphatic heterocycles. The molecule has 0 atom stereocenters. The lowest BCUT2D eigenvalue weighted by atomic mass is 10.1. The number of para-hydroxylation sites is 1. The van der Waals surface area contributed by atoms with Crippen LogP contribution in [0.4, 0.5) is 0 Å². The van der Waals surface area contributed by atoms with Gasteiger partial charge in [-0.2, -0.15) is 0 Å². The molecule has 0 unspecified atom stereocenters. The minimum absolute atomic E-state index is 0.639. The number of benzene rings is 1. The van der Waals surface area contributed by atoms with E-state index in [4.69, 9.17) is 13.3 Å². The average Bonchev–Trinajstić information content (AvgIpc) is 3.32. The Balaban J connectivity index is 1.60. The van der Waals surface area contributed by atoms with Crippen LogP contribution in [-0.4, -0.2) is 14.9 Å². The van der Waals surface area contributed by atoms with E-state index in [0.717, 1.165) is 33.7 Å². The van der Waals surface area contributed by atoms with Crippen LogP contribution in [0.5, 0.6) is 0 Å². The second-order valence-corrected chi connectivity index (χ2v) is 5.75. The van der Waals surface area contributed by atoms with Gasteiger partial charge in [-0.25, -0.2) is 9.97 Å². The van der Waals surface area contributed by atoms with Gasteiger partial charge in [0.1, 0.15) is 23.9 Å². The summed E-state index contributed by atoms with van der Waals surface area (Å²) in [5.74, 6) is 0.947. The third-order valence-electron chi connectivity index (χ3n) is 4.05. The molecular weight excluding hydrogens is 306 g/mol. The highest BCUT2D eigenvalue weighted by molar-refractivity contribution is 5.81. The molecule has 0 N–H and O–H groups in total. The highest BCUT2D eigenvalue weighted by Crippen LogP contribution is 2.26. The summed E-state index contributed by atoms with van der Waals surface area (Å²) < 4.78 is 16.2. The molecular formula is C18H17N3O3. The van der Waals surface area contributed by atoms with Crippen LogP contribution in [0.15, 0.2) is 62.8 Å². The van der Waals surface area contributed by atoms with Crippen molar-refractivity contribution in [1.29, 1.82) is 0 Å². The molecule has 0 saturated heterocycles. The van der Waals surface area contributed by atoms with Gasteiger partial charge in [0.05, 0.1) is 17.9 Å². The van der Waals surface area contributed by atoms with Crippen LogP contribution >= 0.6 is 0 Å². The van der Waals surface area contributed by atoms with Gasteiger partial charge in [-0.05, 0) is 18.6 Å². The van der Waals surface area contributed by atoms with Gasteiger partial charge in [0.2, 0.25) is 0 Å². The maximum atomic E-state index is 6.04. The summed E-state index contributed by atoms with van der Waals surface area (Å²) in [6, 6.07) is 8.08. The average molecular weight is 323 g/mol. The first kappa shape index (κ1) is 14.7. The number of rotatable bonds is 6. The molecule has 0 saturated carbocycles. The molecule has 4 aromatic rings. The molecule has 0 radical (unpaired) electrons. The SMILES string of the molecule is Cc1c(CN(Cc2cocn2)Cc2cocn2)oc2ccccc12. The Morgan fingerprint density at radius 1 is 0.917 bits per heavy atom. The number of fused-ring (bicyclic) bond motifs is 1. The first-order chi connectivity index (χ1) is 11.8. The Kier molecular flexibility index (Phi) is 3.88. The lowest BCUT2D eigenvalue weighted by Gasteiger charge is -2.19. The number of oxazole rings is 2.